The lowest BCUT2D eigenvalue weighted by molar-refractivity contribution is 0.327. The molecule has 2 heterocycles. The van der Waals surface area contributed by atoms with Gasteiger partial charge in [0.2, 0.25) is 0 Å². The average Bonchev–Trinajstić information content (AvgIpc) is 2.75. The lowest BCUT2D eigenvalue weighted by Crippen LogP contribution is -2.23. The topological polar surface area (TPSA) is 28.2 Å². The number of pyridine rings is 1. The lowest BCUT2D eigenvalue weighted by atomic mass is 10.1. The Balaban J connectivity index is 1.76. The predicted molar refractivity (Wildman–Crippen MR) is 72.3 cm³/mol. The molecule has 1 saturated heterocycles. The van der Waals surface area contributed by atoms with Crippen molar-refractivity contribution in [3.05, 3.63) is 23.9 Å². The van der Waals surface area contributed by atoms with Gasteiger partial charge >= 0.3 is 0 Å². The van der Waals surface area contributed by atoms with Crippen LogP contribution in [0.25, 0.3) is 0 Å². The van der Waals surface area contributed by atoms with Gasteiger partial charge in [0.15, 0.2) is 0 Å². The van der Waals surface area contributed by atoms with E-state index in [1.807, 2.05) is 19.1 Å². The Morgan fingerprint density at radius 1 is 1.47 bits per heavy atom. The van der Waals surface area contributed by atoms with Crippen LogP contribution in [-0.2, 0) is 0 Å². The first-order chi connectivity index (χ1) is 8.28. The fourth-order valence-electron chi connectivity index (χ4n) is 2.49. The van der Waals surface area contributed by atoms with Crippen LogP contribution in [0.2, 0.25) is 0 Å². The summed E-state index contributed by atoms with van der Waals surface area (Å²) in [7, 11) is 0. The van der Waals surface area contributed by atoms with E-state index < -0.39 is 0 Å². The number of hydrogen-bond acceptors (Lipinski definition) is 3. The fraction of sp³-hybridized carbons (Fsp3) is 0.643. The molecule has 1 aliphatic heterocycles. The summed E-state index contributed by atoms with van der Waals surface area (Å²) in [5.74, 6) is 1.79. The summed E-state index contributed by atoms with van der Waals surface area (Å²) in [6.07, 6.45) is 2.58. The number of hydrogen-bond donors (Lipinski definition) is 1. The number of aryl methyl sites for hydroxylation is 1. The highest BCUT2D eigenvalue weighted by molar-refractivity contribution is 5.35. The molecule has 1 fully saturated rings. The quantitative estimate of drug-likeness (QED) is 0.847. The molecule has 1 aliphatic rings. The van der Waals surface area contributed by atoms with Crippen LogP contribution in [0.3, 0.4) is 0 Å². The molecular weight excluding hydrogens is 210 g/mol. The second-order valence-corrected chi connectivity index (χ2v) is 5.00. The maximum Gasteiger partial charge on any atom is 0.126 e. The highest BCUT2D eigenvalue weighted by Crippen LogP contribution is 2.17. The van der Waals surface area contributed by atoms with E-state index in [4.69, 9.17) is 0 Å². The van der Waals surface area contributed by atoms with Crippen molar-refractivity contribution in [2.24, 2.45) is 5.92 Å². The van der Waals surface area contributed by atoms with Crippen molar-refractivity contribution in [1.82, 2.24) is 9.88 Å². The maximum atomic E-state index is 4.46. The molecule has 1 N–H and O–H groups in total. The van der Waals surface area contributed by atoms with Gasteiger partial charge in [-0.3, -0.25) is 0 Å². The molecule has 17 heavy (non-hydrogen) atoms. The van der Waals surface area contributed by atoms with Gasteiger partial charge in [-0.1, -0.05) is 13.0 Å². The van der Waals surface area contributed by atoms with E-state index in [9.17, 15) is 0 Å². The van der Waals surface area contributed by atoms with Crippen LogP contribution in [-0.4, -0.2) is 36.1 Å². The van der Waals surface area contributed by atoms with E-state index in [1.54, 1.807) is 0 Å². The van der Waals surface area contributed by atoms with Crippen LogP contribution in [0.15, 0.2) is 18.2 Å². The summed E-state index contributed by atoms with van der Waals surface area (Å²) in [6, 6.07) is 6.14. The van der Waals surface area contributed by atoms with Gasteiger partial charge in [0, 0.05) is 18.8 Å². The number of anilines is 1. The first-order valence-electron chi connectivity index (χ1n) is 6.68. The molecule has 94 valence electrons. The summed E-state index contributed by atoms with van der Waals surface area (Å²) in [4.78, 5) is 7.03. The zero-order valence-corrected chi connectivity index (χ0v) is 10.9. The molecule has 0 amide bonds. The zero-order valence-electron chi connectivity index (χ0n) is 10.9. The first kappa shape index (κ1) is 12.4. The second-order valence-electron chi connectivity index (χ2n) is 5.00. The van der Waals surface area contributed by atoms with Gasteiger partial charge < -0.3 is 10.2 Å². The molecule has 0 bridgehead atoms. The molecule has 1 aromatic heterocycles. The van der Waals surface area contributed by atoms with Crippen LogP contribution < -0.4 is 5.32 Å². The van der Waals surface area contributed by atoms with Gasteiger partial charge in [-0.25, -0.2) is 4.98 Å². The third kappa shape index (κ3) is 3.70. The normalized spacial score (nSPS) is 20.7. The third-order valence-corrected chi connectivity index (χ3v) is 3.37. The summed E-state index contributed by atoms with van der Waals surface area (Å²) in [5.41, 5.74) is 1.08. The molecule has 3 heteroatoms. The minimum Gasteiger partial charge on any atom is -0.370 e. The lowest BCUT2D eigenvalue weighted by Gasteiger charge is -2.15. The van der Waals surface area contributed by atoms with Gasteiger partial charge in [-0.2, -0.15) is 0 Å². The number of aromatic nitrogens is 1. The third-order valence-electron chi connectivity index (χ3n) is 3.37. The molecule has 0 aliphatic carbocycles. The highest BCUT2D eigenvalue weighted by atomic mass is 15.1. The molecule has 0 spiro atoms. The van der Waals surface area contributed by atoms with Crippen molar-refractivity contribution in [3.8, 4) is 0 Å². The van der Waals surface area contributed by atoms with Crippen molar-refractivity contribution >= 4 is 5.82 Å². The molecule has 1 atom stereocenters. The van der Waals surface area contributed by atoms with Gasteiger partial charge in [-0.15, -0.1) is 0 Å². The summed E-state index contributed by atoms with van der Waals surface area (Å²) in [5, 5.41) is 3.45. The largest absolute Gasteiger partial charge is 0.370 e. The van der Waals surface area contributed by atoms with Gasteiger partial charge in [0.05, 0.1) is 0 Å². The number of likely N-dealkylation sites (tertiary alicyclic amines) is 1. The number of rotatable bonds is 5. The Morgan fingerprint density at radius 2 is 2.35 bits per heavy atom. The van der Waals surface area contributed by atoms with E-state index in [2.05, 4.69) is 28.2 Å². The van der Waals surface area contributed by atoms with Crippen molar-refractivity contribution in [2.45, 2.75) is 26.7 Å². The van der Waals surface area contributed by atoms with Crippen LogP contribution in [0.1, 0.15) is 25.5 Å². The van der Waals surface area contributed by atoms with Gasteiger partial charge in [0.25, 0.3) is 0 Å². The molecule has 0 unspecified atom stereocenters. The van der Waals surface area contributed by atoms with E-state index >= 15 is 0 Å². The van der Waals surface area contributed by atoms with Crippen LogP contribution in [0, 0.1) is 12.8 Å². The Hall–Kier alpha value is -1.09. The molecular formula is C14H23N3. The predicted octanol–water partition coefficient (Wildman–Crippen LogP) is 2.53. The molecule has 1 aromatic rings. The average molecular weight is 233 g/mol. The van der Waals surface area contributed by atoms with Crippen molar-refractivity contribution in [3.63, 3.8) is 0 Å². The Labute approximate surface area is 104 Å². The molecule has 3 nitrogen and oxygen atoms in total. The second kappa shape index (κ2) is 6.01. The summed E-state index contributed by atoms with van der Waals surface area (Å²) < 4.78 is 0. The summed E-state index contributed by atoms with van der Waals surface area (Å²) in [6.45, 7) is 9.09. The summed E-state index contributed by atoms with van der Waals surface area (Å²) >= 11 is 0. The molecule has 0 aromatic carbocycles. The van der Waals surface area contributed by atoms with Gasteiger partial charge in [0.1, 0.15) is 5.82 Å². The minimum absolute atomic E-state index is 0.781. The zero-order chi connectivity index (χ0) is 12.1. The SMILES string of the molecule is CCCN1CC[C@H](CNc2cccc(C)n2)C1. The van der Waals surface area contributed by atoms with Crippen molar-refractivity contribution in [2.75, 3.05) is 31.5 Å². The van der Waals surface area contributed by atoms with Crippen molar-refractivity contribution < 1.29 is 0 Å². The highest BCUT2D eigenvalue weighted by Gasteiger charge is 2.21. The van der Waals surface area contributed by atoms with Crippen LogP contribution >= 0.6 is 0 Å². The molecule has 2 rings (SSSR count). The Bertz CT molecular complexity index is 351. The van der Waals surface area contributed by atoms with Gasteiger partial charge in [-0.05, 0) is 50.9 Å². The van der Waals surface area contributed by atoms with E-state index in [1.165, 1.54) is 32.5 Å². The first-order valence-corrected chi connectivity index (χ1v) is 6.68. The minimum atomic E-state index is 0.781. The molecule has 0 saturated carbocycles. The standard InChI is InChI=1S/C14H23N3/c1-3-8-17-9-7-13(11-17)10-15-14-6-4-5-12(2)16-14/h4-6,13H,3,7-11H2,1-2H3,(H,15,16)/t13-/m1/s1. The molecule has 0 radical (unpaired) electrons. The van der Waals surface area contributed by atoms with E-state index in [0.29, 0.717) is 0 Å². The number of nitrogens with one attached hydrogen (secondary N) is 1. The Kier molecular flexibility index (Phi) is 4.37. The number of nitrogens with zero attached hydrogens (tertiary/aromatic N) is 2. The fourth-order valence-corrected chi connectivity index (χ4v) is 2.49. The van der Waals surface area contributed by atoms with Crippen LogP contribution in [0.5, 0.6) is 0 Å². The van der Waals surface area contributed by atoms with Crippen molar-refractivity contribution in [1.29, 1.82) is 0 Å². The maximum absolute atomic E-state index is 4.46. The smallest absolute Gasteiger partial charge is 0.126 e. The monoisotopic (exact) mass is 233 g/mol. The van der Waals surface area contributed by atoms with Crippen LogP contribution in [0.4, 0.5) is 5.82 Å². The van der Waals surface area contributed by atoms with E-state index in [0.717, 1.165) is 24.0 Å². The van der Waals surface area contributed by atoms with E-state index in [-0.39, 0.29) is 0 Å². The Morgan fingerprint density at radius 3 is 3.12 bits per heavy atom.